The van der Waals surface area contributed by atoms with Gasteiger partial charge < -0.3 is 4.74 Å². The lowest BCUT2D eigenvalue weighted by atomic mass is 9.86. The smallest absolute Gasteiger partial charge is 0.186 e. The van der Waals surface area contributed by atoms with Crippen molar-refractivity contribution in [2.45, 2.75) is 36.5 Å². The van der Waals surface area contributed by atoms with Gasteiger partial charge in [0.25, 0.3) is 0 Å². The zero-order valence-corrected chi connectivity index (χ0v) is 21.7. The Morgan fingerprint density at radius 1 is 1.06 bits per heavy atom. The van der Waals surface area contributed by atoms with Crippen molar-refractivity contribution in [1.82, 2.24) is 9.97 Å². The second-order valence-corrected chi connectivity index (χ2v) is 11.6. The van der Waals surface area contributed by atoms with Crippen LogP contribution in [-0.2, 0) is 20.0 Å². The lowest BCUT2D eigenvalue weighted by Crippen LogP contribution is -2.30. The monoisotopic (exact) mass is 520 g/mol. The van der Waals surface area contributed by atoms with Gasteiger partial charge in [-0.3, -0.25) is 9.78 Å². The van der Waals surface area contributed by atoms with Crippen LogP contribution in [0.5, 0.6) is 5.75 Å². The molecule has 0 unspecified atom stereocenters. The van der Waals surface area contributed by atoms with Gasteiger partial charge in [-0.15, -0.1) is 0 Å². The number of pyridine rings is 2. The highest BCUT2D eigenvalue weighted by atomic mass is 35.5. The molecule has 2 atom stereocenters. The van der Waals surface area contributed by atoms with E-state index in [9.17, 15) is 13.2 Å². The van der Waals surface area contributed by atoms with Crippen molar-refractivity contribution in [3.63, 3.8) is 0 Å². The molecule has 0 bridgehead atoms. The molecular formula is C28H25ClN2O4S. The van der Waals surface area contributed by atoms with Crippen molar-refractivity contribution in [3.05, 3.63) is 94.4 Å². The van der Waals surface area contributed by atoms with Gasteiger partial charge >= 0.3 is 0 Å². The number of hydrogen-bond donors (Lipinski definition) is 0. The van der Waals surface area contributed by atoms with Gasteiger partial charge in [0.2, 0.25) is 0 Å². The van der Waals surface area contributed by atoms with Gasteiger partial charge in [-0.05, 0) is 62.7 Å². The maximum Gasteiger partial charge on any atom is 0.186 e. The lowest BCUT2D eigenvalue weighted by Gasteiger charge is -2.21. The SMILES string of the molecule is COc1ccc(C)cc1[C@]1(C(=O)CS(=O)(=O)c2cccc3nc(C)ccc23)C[C@H]1c1cccc(Cl)n1. The van der Waals surface area contributed by atoms with Crippen LogP contribution in [0.15, 0.2) is 71.6 Å². The second-order valence-electron chi connectivity index (χ2n) is 9.27. The first-order valence-electron chi connectivity index (χ1n) is 11.6. The summed E-state index contributed by atoms with van der Waals surface area (Å²) < 4.78 is 32.9. The number of aromatic nitrogens is 2. The van der Waals surface area contributed by atoms with Crippen molar-refractivity contribution in [3.8, 4) is 5.75 Å². The molecule has 0 amide bonds. The number of carbonyl (C=O) groups is 1. The minimum absolute atomic E-state index is 0.102. The van der Waals surface area contributed by atoms with Crippen LogP contribution in [0.3, 0.4) is 0 Å². The normalized spacial score (nSPS) is 19.3. The quantitative estimate of drug-likeness (QED) is 0.304. The Balaban J connectivity index is 1.60. The average Bonchev–Trinajstić information content (AvgIpc) is 3.60. The summed E-state index contributed by atoms with van der Waals surface area (Å²) in [5.41, 5.74) is 2.55. The van der Waals surface area contributed by atoms with Crippen LogP contribution in [0.1, 0.15) is 34.9 Å². The first-order chi connectivity index (χ1) is 17.2. The molecule has 0 radical (unpaired) electrons. The minimum atomic E-state index is -3.97. The molecule has 2 heterocycles. The Morgan fingerprint density at radius 2 is 1.83 bits per heavy atom. The highest BCUT2D eigenvalue weighted by Gasteiger charge is 2.63. The molecule has 1 aliphatic carbocycles. The number of benzene rings is 2. The molecule has 0 N–H and O–H groups in total. The topological polar surface area (TPSA) is 86.2 Å². The Hall–Kier alpha value is -3.29. The molecule has 8 heteroatoms. The van der Waals surface area contributed by atoms with Crippen LogP contribution in [0.4, 0.5) is 0 Å². The standard InChI is InChI=1S/C28H25ClN2O4S/c1-17-10-13-24(35-3)20(14-17)28(15-21(28)23-7-5-9-27(29)31-23)26(32)16-36(33,34)25-8-4-6-22-19(25)12-11-18(2)30-22/h4-14,21H,15-16H2,1-3H3/t21-,28+/m0/s1. The van der Waals surface area contributed by atoms with E-state index < -0.39 is 26.8 Å². The second kappa shape index (κ2) is 8.98. The Kier molecular flexibility index (Phi) is 6.09. The number of ether oxygens (including phenoxy) is 1. The largest absolute Gasteiger partial charge is 0.496 e. The van der Waals surface area contributed by atoms with Crippen LogP contribution in [0, 0.1) is 13.8 Å². The Bertz CT molecular complexity index is 1620. The Morgan fingerprint density at radius 3 is 2.58 bits per heavy atom. The lowest BCUT2D eigenvalue weighted by molar-refractivity contribution is -0.119. The highest BCUT2D eigenvalue weighted by Crippen LogP contribution is 2.63. The van der Waals surface area contributed by atoms with Crippen LogP contribution in [0.25, 0.3) is 10.9 Å². The zero-order chi connectivity index (χ0) is 25.7. The van der Waals surface area contributed by atoms with Gasteiger partial charge in [0.15, 0.2) is 15.6 Å². The molecule has 5 rings (SSSR count). The van der Waals surface area contributed by atoms with E-state index in [0.29, 0.717) is 39.5 Å². The van der Waals surface area contributed by atoms with E-state index in [1.165, 1.54) is 6.07 Å². The summed E-state index contributed by atoms with van der Waals surface area (Å²) in [7, 11) is -2.43. The molecule has 1 aliphatic rings. The minimum Gasteiger partial charge on any atom is -0.496 e. The number of sulfone groups is 1. The van der Waals surface area contributed by atoms with Crippen LogP contribution >= 0.6 is 11.6 Å². The maximum absolute atomic E-state index is 14.0. The summed E-state index contributed by atoms with van der Waals surface area (Å²) >= 11 is 6.15. The molecule has 184 valence electrons. The van der Waals surface area contributed by atoms with Gasteiger partial charge in [0, 0.05) is 28.3 Å². The van der Waals surface area contributed by atoms with E-state index in [4.69, 9.17) is 16.3 Å². The third-order valence-electron chi connectivity index (χ3n) is 6.87. The molecule has 1 saturated carbocycles. The number of halogens is 1. The fourth-order valence-electron chi connectivity index (χ4n) is 5.04. The van der Waals surface area contributed by atoms with Crippen molar-refractivity contribution in [2.75, 3.05) is 12.9 Å². The van der Waals surface area contributed by atoms with Gasteiger partial charge in [0.05, 0.1) is 22.9 Å². The van der Waals surface area contributed by atoms with Gasteiger partial charge in [-0.1, -0.05) is 41.4 Å². The van der Waals surface area contributed by atoms with Gasteiger partial charge in [0.1, 0.15) is 16.7 Å². The first-order valence-corrected chi connectivity index (χ1v) is 13.6. The van der Waals surface area contributed by atoms with Crippen molar-refractivity contribution >= 4 is 38.1 Å². The molecule has 0 saturated heterocycles. The summed E-state index contributed by atoms with van der Waals surface area (Å²) in [5.74, 6) is -0.809. The molecule has 4 aromatic rings. The maximum atomic E-state index is 14.0. The van der Waals surface area contributed by atoms with E-state index >= 15 is 0 Å². The number of hydrogen-bond acceptors (Lipinski definition) is 6. The molecule has 0 aliphatic heterocycles. The third kappa shape index (κ3) is 4.16. The molecule has 2 aromatic heterocycles. The fraction of sp³-hybridized carbons (Fsp3) is 0.250. The summed E-state index contributed by atoms with van der Waals surface area (Å²) in [6, 6.07) is 19.4. The number of aryl methyl sites for hydroxylation is 2. The zero-order valence-electron chi connectivity index (χ0n) is 20.2. The molecule has 2 aromatic carbocycles. The fourth-order valence-corrected chi connectivity index (χ4v) is 6.77. The van der Waals surface area contributed by atoms with Crippen molar-refractivity contribution in [1.29, 1.82) is 0 Å². The summed E-state index contributed by atoms with van der Waals surface area (Å²) in [4.78, 5) is 23.0. The van der Waals surface area contributed by atoms with Crippen LogP contribution in [0.2, 0.25) is 5.15 Å². The first kappa shape index (κ1) is 24.4. The number of Topliss-reactive ketones (excluding diaryl/α,β-unsaturated/α-hetero) is 1. The molecular weight excluding hydrogens is 496 g/mol. The number of carbonyl (C=O) groups excluding carboxylic acids is 1. The number of methoxy groups -OCH3 is 1. The summed E-state index contributed by atoms with van der Waals surface area (Å²) in [6.07, 6.45) is 0.421. The Labute approximate surface area is 215 Å². The number of ketones is 1. The van der Waals surface area contributed by atoms with E-state index in [0.717, 1.165) is 11.3 Å². The summed E-state index contributed by atoms with van der Waals surface area (Å²) in [6.45, 7) is 3.78. The van der Waals surface area contributed by atoms with Crippen LogP contribution < -0.4 is 4.74 Å². The number of fused-ring (bicyclic) bond motifs is 1. The third-order valence-corrected chi connectivity index (χ3v) is 8.75. The predicted molar refractivity (Wildman–Crippen MR) is 140 cm³/mol. The van der Waals surface area contributed by atoms with E-state index in [1.807, 2.05) is 38.1 Å². The predicted octanol–water partition coefficient (Wildman–Crippen LogP) is 5.38. The highest BCUT2D eigenvalue weighted by molar-refractivity contribution is 7.92. The number of nitrogens with zero attached hydrogens (tertiary/aromatic N) is 2. The molecule has 36 heavy (non-hydrogen) atoms. The van der Waals surface area contributed by atoms with Gasteiger partial charge in [-0.2, -0.15) is 0 Å². The van der Waals surface area contributed by atoms with E-state index in [2.05, 4.69) is 9.97 Å². The molecule has 1 fully saturated rings. The van der Waals surface area contributed by atoms with Crippen LogP contribution in [-0.4, -0.2) is 37.0 Å². The summed E-state index contributed by atoms with van der Waals surface area (Å²) in [5, 5.41) is 0.824. The molecule has 6 nitrogen and oxygen atoms in total. The van der Waals surface area contributed by atoms with E-state index in [-0.39, 0.29) is 10.8 Å². The van der Waals surface area contributed by atoms with Gasteiger partial charge in [-0.25, -0.2) is 13.4 Å². The van der Waals surface area contributed by atoms with Crippen molar-refractivity contribution in [2.24, 2.45) is 0 Å². The number of rotatable bonds is 7. The van der Waals surface area contributed by atoms with Crippen molar-refractivity contribution < 1.29 is 17.9 Å². The average molecular weight is 521 g/mol. The van der Waals surface area contributed by atoms with E-state index in [1.54, 1.807) is 43.5 Å². The molecule has 0 spiro atoms.